The minimum atomic E-state index is -0.644. The number of carbonyl (C=O) groups excluding carboxylic acids is 1. The largest absolute Gasteiger partial charge is 0.481 e. The van der Waals surface area contributed by atoms with Crippen molar-refractivity contribution >= 4 is 17.5 Å². The predicted octanol–water partition coefficient (Wildman–Crippen LogP) is 3.00. The molecule has 25 heavy (non-hydrogen) atoms. The molecular formula is C18H17ClN4O2. The molecule has 0 unspecified atom stereocenters. The lowest BCUT2D eigenvalue weighted by Gasteiger charge is -2.15. The SMILES string of the molecule is C[C@H](Oc1ccc(Cl)cc1)C(=O)NCc1nncn1-c1ccccc1. The lowest BCUT2D eigenvalue weighted by molar-refractivity contribution is -0.127. The van der Waals surface area contributed by atoms with Crippen molar-refractivity contribution in [3.63, 3.8) is 0 Å². The molecule has 0 spiro atoms. The van der Waals surface area contributed by atoms with Gasteiger partial charge in [0.1, 0.15) is 12.1 Å². The molecule has 0 aliphatic heterocycles. The van der Waals surface area contributed by atoms with Crippen LogP contribution < -0.4 is 10.1 Å². The van der Waals surface area contributed by atoms with Gasteiger partial charge in [-0.15, -0.1) is 10.2 Å². The summed E-state index contributed by atoms with van der Waals surface area (Å²) < 4.78 is 7.43. The molecule has 0 saturated heterocycles. The van der Waals surface area contributed by atoms with E-state index in [0.29, 0.717) is 16.6 Å². The van der Waals surface area contributed by atoms with Gasteiger partial charge in [-0.25, -0.2) is 0 Å². The highest BCUT2D eigenvalue weighted by Crippen LogP contribution is 2.17. The molecule has 128 valence electrons. The first-order valence-electron chi connectivity index (χ1n) is 7.78. The topological polar surface area (TPSA) is 69.0 Å². The molecule has 1 aromatic heterocycles. The van der Waals surface area contributed by atoms with Crippen LogP contribution in [0.1, 0.15) is 12.7 Å². The van der Waals surface area contributed by atoms with Gasteiger partial charge in [0, 0.05) is 10.7 Å². The number of hydrogen-bond acceptors (Lipinski definition) is 4. The maximum absolute atomic E-state index is 12.2. The van der Waals surface area contributed by atoms with E-state index in [1.165, 1.54) is 0 Å². The normalized spacial score (nSPS) is 11.8. The number of nitrogens with one attached hydrogen (secondary N) is 1. The maximum atomic E-state index is 12.2. The fraction of sp³-hybridized carbons (Fsp3) is 0.167. The molecule has 0 aliphatic carbocycles. The molecular weight excluding hydrogens is 340 g/mol. The third-order valence-electron chi connectivity index (χ3n) is 3.57. The Balaban J connectivity index is 1.59. The number of halogens is 1. The second-order valence-electron chi connectivity index (χ2n) is 5.38. The Morgan fingerprint density at radius 2 is 1.92 bits per heavy atom. The van der Waals surface area contributed by atoms with Crippen LogP contribution >= 0.6 is 11.6 Å². The number of nitrogens with zero attached hydrogens (tertiary/aromatic N) is 3. The van der Waals surface area contributed by atoms with E-state index in [4.69, 9.17) is 16.3 Å². The van der Waals surface area contributed by atoms with Crippen molar-refractivity contribution in [2.75, 3.05) is 0 Å². The van der Waals surface area contributed by atoms with Crippen molar-refractivity contribution in [3.8, 4) is 11.4 Å². The van der Waals surface area contributed by atoms with Crippen molar-refractivity contribution in [2.24, 2.45) is 0 Å². The monoisotopic (exact) mass is 356 g/mol. The molecule has 0 fully saturated rings. The van der Waals surface area contributed by atoms with Crippen LogP contribution in [0.5, 0.6) is 5.75 Å². The summed E-state index contributed by atoms with van der Waals surface area (Å²) in [6.07, 6.45) is 0.971. The van der Waals surface area contributed by atoms with Crippen LogP contribution in [-0.2, 0) is 11.3 Å². The highest BCUT2D eigenvalue weighted by atomic mass is 35.5. The van der Waals surface area contributed by atoms with E-state index in [1.807, 2.05) is 34.9 Å². The first-order chi connectivity index (χ1) is 12.1. The molecule has 0 aliphatic rings. The lowest BCUT2D eigenvalue weighted by Crippen LogP contribution is -2.36. The zero-order valence-electron chi connectivity index (χ0n) is 13.6. The van der Waals surface area contributed by atoms with Crippen molar-refractivity contribution in [1.29, 1.82) is 0 Å². The molecule has 3 aromatic rings. The van der Waals surface area contributed by atoms with Gasteiger partial charge in [0.05, 0.1) is 6.54 Å². The van der Waals surface area contributed by atoms with Crippen molar-refractivity contribution in [2.45, 2.75) is 19.6 Å². The molecule has 0 radical (unpaired) electrons. The van der Waals surface area contributed by atoms with E-state index in [2.05, 4.69) is 15.5 Å². The molecule has 0 saturated carbocycles. The summed E-state index contributed by atoms with van der Waals surface area (Å²) >= 11 is 5.83. The maximum Gasteiger partial charge on any atom is 0.261 e. The Labute approximate surface area is 150 Å². The van der Waals surface area contributed by atoms with E-state index in [9.17, 15) is 4.79 Å². The van der Waals surface area contributed by atoms with Crippen LogP contribution in [0.3, 0.4) is 0 Å². The summed E-state index contributed by atoms with van der Waals surface area (Å²) in [7, 11) is 0. The van der Waals surface area contributed by atoms with Gasteiger partial charge in [-0.1, -0.05) is 29.8 Å². The lowest BCUT2D eigenvalue weighted by atomic mass is 10.3. The smallest absolute Gasteiger partial charge is 0.261 e. The fourth-order valence-electron chi connectivity index (χ4n) is 2.26. The van der Waals surface area contributed by atoms with Gasteiger partial charge in [0.15, 0.2) is 11.9 Å². The van der Waals surface area contributed by atoms with Crippen LogP contribution in [0.15, 0.2) is 60.9 Å². The Kier molecular flexibility index (Phi) is 5.30. The molecule has 0 bridgehead atoms. The fourth-order valence-corrected chi connectivity index (χ4v) is 2.39. The first-order valence-corrected chi connectivity index (χ1v) is 8.15. The third-order valence-corrected chi connectivity index (χ3v) is 3.82. The number of para-hydroxylation sites is 1. The van der Waals surface area contributed by atoms with Gasteiger partial charge in [0.25, 0.3) is 5.91 Å². The minimum absolute atomic E-state index is 0.238. The summed E-state index contributed by atoms with van der Waals surface area (Å²) in [4.78, 5) is 12.2. The standard InChI is InChI=1S/C18H17ClN4O2/c1-13(25-16-9-7-14(19)8-10-16)18(24)20-11-17-22-21-12-23(17)15-5-3-2-4-6-15/h2-10,12-13H,11H2,1H3,(H,20,24)/t13-/m0/s1. The summed E-state index contributed by atoms with van der Waals surface area (Å²) in [5, 5.41) is 11.4. The zero-order valence-corrected chi connectivity index (χ0v) is 14.3. The first kappa shape index (κ1) is 17.0. The number of rotatable bonds is 6. The van der Waals surface area contributed by atoms with E-state index in [1.54, 1.807) is 37.5 Å². The van der Waals surface area contributed by atoms with Crippen LogP contribution in [0.4, 0.5) is 0 Å². The average Bonchev–Trinajstić information content (AvgIpc) is 3.11. The van der Waals surface area contributed by atoms with Crippen molar-refractivity contribution < 1.29 is 9.53 Å². The summed E-state index contributed by atoms with van der Waals surface area (Å²) in [5.74, 6) is 0.982. The Morgan fingerprint density at radius 3 is 2.64 bits per heavy atom. The van der Waals surface area contributed by atoms with Gasteiger partial charge in [0.2, 0.25) is 0 Å². The number of aromatic nitrogens is 3. The molecule has 3 rings (SSSR count). The van der Waals surface area contributed by atoms with E-state index < -0.39 is 6.10 Å². The summed E-state index contributed by atoms with van der Waals surface area (Å²) in [5.41, 5.74) is 0.933. The van der Waals surface area contributed by atoms with E-state index in [-0.39, 0.29) is 12.5 Å². The van der Waals surface area contributed by atoms with Crippen LogP contribution in [0.25, 0.3) is 5.69 Å². The quantitative estimate of drug-likeness (QED) is 0.737. The Hall–Kier alpha value is -2.86. The number of hydrogen-bond donors (Lipinski definition) is 1. The molecule has 1 amide bonds. The van der Waals surface area contributed by atoms with Gasteiger partial charge in [-0.2, -0.15) is 0 Å². The van der Waals surface area contributed by atoms with E-state index in [0.717, 1.165) is 5.69 Å². The molecule has 7 heteroatoms. The predicted molar refractivity (Wildman–Crippen MR) is 94.7 cm³/mol. The van der Waals surface area contributed by atoms with Gasteiger partial charge in [-0.3, -0.25) is 9.36 Å². The molecule has 1 atom stereocenters. The number of amides is 1. The van der Waals surface area contributed by atoms with Gasteiger partial charge < -0.3 is 10.1 Å². The molecule has 2 aromatic carbocycles. The minimum Gasteiger partial charge on any atom is -0.481 e. The highest BCUT2D eigenvalue weighted by molar-refractivity contribution is 6.30. The van der Waals surface area contributed by atoms with Crippen molar-refractivity contribution in [3.05, 3.63) is 71.8 Å². The van der Waals surface area contributed by atoms with Gasteiger partial charge in [-0.05, 0) is 43.3 Å². The molecule has 1 heterocycles. The van der Waals surface area contributed by atoms with E-state index >= 15 is 0 Å². The average molecular weight is 357 g/mol. The Bertz CT molecular complexity index is 834. The van der Waals surface area contributed by atoms with Gasteiger partial charge >= 0.3 is 0 Å². The number of benzene rings is 2. The second-order valence-corrected chi connectivity index (χ2v) is 5.82. The zero-order chi connectivity index (χ0) is 17.6. The molecule has 1 N–H and O–H groups in total. The highest BCUT2D eigenvalue weighted by Gasteiger charge is 2.16. The van der Waals surface area contributed by atoms with Crippen LogP contribution in [0.2, 0.25) is 5.02 Å². The van der Waals surface area contributed by atoms with Crippen LogP contribution in [0, 0.1) is 0 Å². The molecule has 6 nitrogen and oxygen atoms in total. The number of ether oxygens (including phenoxy) is 1. The third kappa shape index (κ3) is 4.36. The second kappa shape index (κ2) is 7.81. The summed E-state index contributed by atoms with van der Waals surface area (Å²) in [6.45, 7) is 1.94. The van der Waals surface area contributed by atoms with Crippen LogP contribution in [-0.4, -0.2) is 26.8 Å². The Morgan fingerprint density at radius 1 is 1.20 bits per heavy atom. The van der Waals surface area contributed by atoms with Crippen molar-refractivity contribution in [1.82, 2.24) is 20.1 Å². The summed E-state index contributed by atoms with van der Waals surface area (Å²) in [6, 6.07) is 16.6. The number of carbonyl (C=O) groups is 1.